The molecule has 1 aromatic heterocycles. The maximum Gasteiger partial charge on any atom is 0.289 e. The van der Waals surface area contributed by atoms with E-state index in [1.165, 1.54) is 6.26 Å². The van der Waals surface area contributed by atoms with E-state index in [1.54, 1.807) is 12.1 Å². The van der Waals surface area contributed by atoms with Gasteiger partial charge >= 0.3 is 0 Å². The van der Waals surface area contributed by atoms with Gasteiger partial charge in [0.25, 0.3) is 5.91 Å². The van der Waals surface area contributed by atoms with Crippen LogP contribution in [-0.2, 0) is 4.79 Å². The van der Waals surface area contributed by atoms with Crippen LogP contribution in [0.5, 0.6) is 0 Å². The molecule has 2 fully saturated rings. The van der Waals surface area contributed by atoms with Crippen LogP contribution in [0.3, 0.4) is 0 Å². The van der Waals surface area contributed by atoms with Crippen molar-refractivity contribution in [3.63, 3.8) is 0 Å². The molecule has 0 bridgehead atoms. The number of likely N-dealkylation sites (tertiary alicyclic amines) is 2. The summed E-state index contributed by atoms with van der Waals surface area (Å²) >= 11 is 0. The van der Waals surface area contributed by atoms with Gasteiger partial charge in [-0.2, -0.15) is 0 Å². The highest BCUT2D eigenvalue weighted by Gasteiger charge is 2.45. The van der Waals surface area contributed by atoms with Crippen molar-refractivity contribution < 1.29 is 14.0 Å². The monoisotopic (exact) mass is 290 g/mol. The summed E-state index contributed by atoms with van der Waals surface area (Å²) in [5.41, 5.74) is -0.162. The summed E-state index contributed by atoms with van der Waals surface area (Å²) in [6.07, 6.45) is 6.02. The number of rotatable bonds is 2. The number of carbonyl (C=O) groups is 2. The minimum Gasteiger partial charge on any atom is -0.459 e. The van der Waals surface area contributed by atoms with Gasteiger partial charge in [0.2, 0.25) is 5.91 Å². The lowest BCUT2D eigenvalue weighted by atomic mass is 9.79. The molecule has 114 valence electrons. The highest BCUT2D eigenvalue weighted by molar-refractivity contribution is 5.91. The smallest absolute Gasteiger partial charge is 0.289 e. The van der Waals surface area contributed by atoms with E-state index in [4.69, 9.17) is 4.42 Å². The molecule has 3 rings (SSSR count). The molecule has 0 saturated carbocycles. The first kappa shape index (κ1) is 14.2. The summed E-state index contributed by atoms with van der Waals surface area (Å²) in [5, 5.41) is 0. The molecule has 2 saturated heterocycles. The second-order valence-corrected chi connectivity index (χ2v) is 6.02. The van der Waals surface area contributed by atoms with Gasteiger partial charge in [-0.25, -0.2) is 0 Å². The van der Waals surface area contributed by atoms with Crippen molar-refractivity contribution in [2.75, 3.05) is 19.6 Å². The second-order valence-electron chi connectivity index (χ2n) is 6.02. The van der Waals surface area contributed by atoms with E-state index in [9.17, 15) is 9.59 Å². The van der Waals surface area contributed by atoms with Crippen LogP contribution in [0.15, 0.2) is 22.8 Å². The third kappa shape index (κ3) is 2.45. The molecule has 2 amide bonds. The van der Waals surface area contributed by atoms with Crippen LogP contribution >= 0.6 is 0 Å². The van der Waals surface area contributed by atoms with Crippen LogP contribution in [-0.4, -0.2) is 46.8 Å². The summed E-state index contributed by atoms with van der Waals surface area (Å²) in [6, 6.07) is 3.43. The Morgan fingerprint density at radius 3 is 2.90 bits per heavy atom. The molecule has 21 heavy (non-hydrogen) atoms. The average molecular weight is 290 g/mol. The molecule has 1 aromatic rings. The molecule has 3 heterocycles. The molecule has 2 aliphatic heterocycles. The lowest BCUT2D eigenvalue weighted by molar-refractivity contribution is -0.144. The summed E-state index contributed by atoms with van der Waals surface area (Å²) < 4.78 is 5.23. The predicted octanol–water partition coefficient (Wildman–Crippen LogP) is 2.29. The Morgan fingerprint density at radius 1 is 1.38 bits per heavy atom. The number of amides is 2. The Kier molecular flexibility index (Phi) is 3.74. The topological polar surface area (TPSA) is 53.8 Å². The number of hydrogen-bond acceptors (Lipinski definition) is 3. The molecule has 1 atom stereocenters. The van der Waals surface area contributed by atoms with Crippen molar-refractivity contribution >= 4 is 11.8 Å². The molecule has 1 unspecified atom stereocenters. The van der Waals surface area contributed by atoms with Gasteiger partial charge < -0.3 is 14.2 Å². The minimum atomic E-state index is -0.162. The first-order valence-corrected chi connectivity index (χ1v) is 7.79. The zero-order valence-electron chi connectivity index (χ0n) is 12.5. The fourth-order valence-corrected chi connectivity index (χ4v) is 3.88. The van der Waals surface area contributed by atoms with Gasteiger partial charge in [0.1, 0.15) is 0 Å². The first-order valence-electron chi connectivity index (χ1n) is 7.79. The molecule has 2 aliphatic rings. The van der Waals surface area contributed by atoms with Gasteiger partial charge in [0.15, 0.2) is 5.76 Å². The lowest BCUT2D eigenvalue weighted by Crippen LogP contribution is -2.63. The van der Waals surface area contributed by atoms with E-state index in [-0.39, 0.29) is 17.4 Å². The largest absolute Gasteiger partial charge is 0.459 e. The van der Waals surface area contributed by atoms with Crippen molar-refractivity contribution in [2.24, 2.45) is 0 Å². The molecule has 0 radical (unpaired) electrons. The number of hydrogen-bond donors (Lipinski definition) is 0. The first-order chi connectivity index (χ1) is 10.2. The number of furan rings is 1. The van der Waals surface area contributed by atoms with Gasteiger partial charge in [0, 0.05) is 26.1 Å². The third-order valence-electron chi connectivity index (χ3n) is 4.80. The van der Waals surface area contributed by atoms with E-state index in [0.717, 1.165) is 38.8 Å². The van der Waals surface area contributed by atoms with E-state index in [2.05, 4.69) is 0 Å². The quantitative estimate of drug-likeness (QED) is 0.839. The molecule has 5 nitrogen and oxygen atoms in total. The average Bonchev–Trinajstić information content (AvgIpc) is 3.01. The van der Waals surface area contributed by atoms with Crippen molar-refractivity contribution in [1.29, 1.82) is 0 Å². The Hall–Kier alpha value is -1.78. The van der Waals surface area contributed by atoms with Crippen molar-refractivity contribution in [1.82, 2.24) is 9.80 Å². The second kappa shape index (κ2) is 5.54. The number of nitrogens with zero attached hydrogens (tertiary/aromatic N) is 2. The zero-order chi connectivity index (χ0) is 14.9. The highest BCUT2D eigenvalue weighted by atomic mass is 16.3. The van der Waals surface area contributed by atoms with Gasteiger partial charge in [0.05, 0.1) is 11.8 Å². The van der Waals surface area contributed by atoms with Gasteiger partial charge in [-0.05, 0) is 44.7 Å². The van der Waals surface area contributed by atoms with Gasteiger partial charge in [-0.15, -0.1) is 0 Å². The van der Waals surface area contributed by atoms with Crippen LogP contribution in [0, 0.1) is 0 Å². The van der Waals surface area contributed by atoms with Crippen LogP contribution in [0.1, 0.15) is 49.6 Å². The lowest BCUT2D eigenvalue weighted by Gasteiger charge is -2.51. The zero-order valence-corrected chi connectivity index (χ0v) is 12.5. The summed E-state index contributed by atoms with van der Waals surface area (Å²) in [4.78, 5) is 28.5. The van der Waals surface area contributed by atoms with E-state index in [0.29, 0.717) is 18.7 Å². The highest BCUT2D eigenvalue weighted by Crippen LogP contribution is 2.36. The number of piperidine rings is 2. The normalized spacial score (nSPS) is 26.4. The fourth-order valence-electron chi connectivity index (χ4n) is 3.88. The van der Waals surface area contributed by atoms with E-state index in [1.807, 2.05) is 16.7 Å². The number of likely N-dealkylation sites (N-methyl/N-ethyl adjacent to an activating group) is 1. The fraction of sp³-hybridized carbons (Fsp3) is 0.625. The van der Waals surface area contributed by atoms with Crippen LogP contribution in [0.2, 0.25) is 0 Å². The van der Waals surface area contributed by atoms with Crippen LogP contribution < -0.4 is 0 Å². The molecule has 5 heteroatoms. The predicted molar refractivity (Wildman–Crippen MR) is 77.8 cm³/mol. The Balaban J connectivity index is 1.81. The van der Waals surface area contributed by atoms with Gasteiger partial charge in [-0.3, -0.25) is 9.59 Å². The van der Waals surface area contributed by atoms with Crippen molar-refractivity contribution in [3.8, 4) is 0 Å². The molecule has 0 aromatic carbocycles. The standard InChI is InChI=1S/C16H22N2O3/c1-2-18-14(19)7-3-8-16(18)9-5-10-17(12-16)15(20)13-6-4-11-21-13/h4,6,11H,2-3,5,7-10,12H2,1H3. The Labute approximate surface area is 124 Å². The minimum absolute atomic E-state index is 0.0619. The molecule has 1 spiro atoms. The summed E-state index contributed by atoms with van der Waals surface area (Å²) in [5.74, 6) is 0.557. The van der Waals surface area contributed by atoms with E-state index < -0.39 is 0 Å². The van der Waals surface area contributed by atoms with Crippen molar-refractivity contribution in [3.05, 3.63) is 24.2 Å². The SMILES string of the molecule is CCN1C(=O)CCCC12CCCN(C(=O)c1ccco1)C2. The molecule has 0 N–H and O–H groups in total. The maximum atomic E-state index is 12.5. The number of carbonyl (C=O) groups excluding carboxylic acids is 2. The molecular formula is C16H22N2O3. The molecular weight excluding hydrogens is 268 g/mol. The summed E-state index contributed by atoms with van der Waals surface area (Å²) in [7, 11) is 0. The van der Waals surface area contributed by atoms with Crippen LogP contribution in [0.25, 0.3) is 0 Å². The van der Waals surface area contributed by atoms with E-state index >= 15 is 0 Å². The Bertz CT molecular complexity index is 522. The maximum absolute atomic E-state index is 12.5. The third-order valence-corrected chi connectivity index (χ3v) is 4.80. The Morgan fingerprint density at radius 2 is 2.19 bits per heavy atom. The van der Waals surface area contributed by atoms with Crippen LogP contribution in [0.4, 0.5) is 0 Å². The molecule has 0 aliphatic carbocycles. The van der Waals surface area contributed by atoms with Gasteiger partial charge in [-0.1, -0.05) is 0 Å². The van der Waals surface area contributed by atoms with Crippen molar-refractivity contribution in [2.45, 2.75) is 44.6 Å². The summed E-state index contributed by atoms with van der Waals surface area (Å²) in [6.45, 7) is 4.12.